The van der Waals surface area contributed by atoms with Crippen LogP contribution in [0.15, 0.2) is 29.3 Å². The molecule has 0 aromatic heterocycles. The van der Waals surface area contributed by atoms with E-state index in [1.165, 1.54) is 5.56 Å². The molecule has 2 heterocycles. The van der Waals surface area contributed by atoms with Gasteiger partial charge in [0.1, 0.15) is 6.04 Å². The zero-order valence-corrected chi connectivity index (χ0v) is 15.7. The average molecular weight is 357 g/mol. The lowest BCUT2D eigenvalue weighted by atomic mass is 10.0. The predicted molar refractivity (Wildman–Crippen MR) is 102 cm³/mol. The number of benzene rings is 1. The highest BCUT2D eigenvalue weighted by molar-refractivity contribution is 6.05. The van der Waals surface area contributed by atoms with Crippen LogP contribution in [0.25, 0.3) is 0 Å². The average Bonchev–Trinajstić information content (AvgIpc) is 2.62. The minimum atomic E-state index is -0.691. The number of guanidine groups is 1. The number of hydrogen-bond acceptors (Lipinski definition) is 5. The van der Waals surface area contributed by atoms with Gasteiger partial charge in [-0.1, -0.05) is 26.0 Å². The number of rotatable bonds is 3. The maximum Gasteiger partial charge on any atom is 0.249 e. The van der Waals surface area contributed by atoms with Crippen molar-refractivity contribution >= 4 is 23.5 Å². The van der Waals surface area contributed by atoms with E-state index in [1.807, 2.05) is 29.2 Å². The van der Waals surface area contributed by atoms with E-state index in [0.29, 0.717) is 11.9 Å². The fourth-order valence-corrected chi connectivity index (χ4v) is 3.08. The van der Waals surface area contributed by atoms with Crippen molar-refractivity contribution in [2.24, 2.45) is 4.99 Å². The van der Waals surface area contributed by atoms with Crippen LogP contribution in [0.2, 0.25) is 0 Å². The van der Waals surface area contributed by atoms with Crippen molar-refractivity contribution in [2.45, 2.75) is 32.2 Å². The second-order valence-corrected chi connectivity index (χ2v) is 7.28. The van der Waals surface area contributed by atoms with Gasteiger partial charge in [-0.25, -0.2) is 4.99 Å². The highest BCUT2D eigenvalue weighted by Crippen LogP contribution is 2.18. The maximum absolute atomic E-state index is 12.6. The van der Waals surface area contributed by atoms with E-state index >= 15 is 0 Å². The molecule has 2 N–H and O–H groups in total. The Morgan fingerprint density at radius 1 is 1.19 bits per heavy atom. The Bertz CT molecular complexity index is 690. The van der Waals surface area contributed by atoms with Gasteiger partial charge in [0.05, 0.1) is 6.42 Å². The number of carbonyl (C=O) groups is 2. The molecule has 0 unspecified atom stereocenters. The smallest absolute Gasteiger partial charge is 0.249 e. The summed E-state index contributed by atoms with van der Waals surface area (Å²) in [6.45, 7) is 7.66. The molecule has 1 aromatic rings. The number of anilines is 1. The fraction of sp³-hybridized carbons (Fsp3) is 0.526. The number of aliphatic imine (C=N–C) groups is 1. The topological polar surface area (TPSA) is 77.0 Å². The van der Waals surface area contributed by atoms with Crippen molar-refractivity contribution in [1.29, 1.82) is 0 Å². The first-order valence-corrected chi connectivity index (χ1v) is 9.14. The van der Waals surface area contributed by atoms with Gasteiger partial charge in [-0.3, -0.25) is 14.9 Å². The van der Waals surface area contributed by atoms with Gasteiger partial charge in [-0.2, -0.15) is 0 Å². The first kappa shape index (κ1) is 18.4. The van der Waals surface area contributed by atoms with Crippen LogP contribution in [-0.4, -0.2) is 66.8 Å². The zero-order chi connectivity index (χ0) is 18.7. The molecule has 0 bridgehead atoms. The van der Waals surface area contributed by atoms with Crippen molar-refractivity contribution in [2.75, 3.05) is 38.5 Å². The van der Waals surface area contributed by atoms with E-state index in [2.05, 4.69) is 41.4 Å². The SMILES string of the molecule is CC(C)c1ccc(NC(=O)[C@@H]2CC(=O)NC(N3CCN(C)CC3)=N2)cc1. The Kier molecular flexibility index (Phi) is 5.56. The van der Waals surface area contributed by atoms with Crippen LogP contribution in [0.3, 0.4) is 0 Å². The molecule has 7 heteroatoms. The Morgan fingerprint density at radius 2 is 1.85 bits per heavy atom. The molecular formula is C19H27N5O2. The fourth-order valence-electron chi connectivity index (χ4n) is 3.08. The van der Waals surface area contributed by atoms with Gasteiger partial charge in [-0.15, -0.1) is 0 Å². The molecule has 2 aliphatic rings. The van der Waals surface area contributed by atoms with Crippen LogP contribution < -0.4 is 10.6 Å². The van der Waals surface area contributed by atoms with Crippen molar-refractivity contribution in [3.05, 3.63) is 29.8 Å². The minimum absolute atomic E-state index is 0.0765. The monoisotopic (exact) mass is 357 g/mol. The highest BCUT2D eigenvalue weighted by Gasteiger charge is 2.30. The largest absolute Gasteiger partial charge is 0.340 e. The van der Waals surface area contributed by atoms with Crippen LogP contribution in [-0.2, 0) is 9.59 Å². The molecule has 1 saturated heterocycles. The lowest BCUT2D eigenvalue weighted by molar-refractivity contribution is -0.125. The summed E-state index contributed by atoms with van der Waals surface area (Å²) in [5.74, 6) is 0.551. The normalized spacial score (nSPS) is 21.4. The lowest BCUT2D eigenvalue weighted by Crippen LogP contribution is -2.55. The van der Waals surface area contributed by atoms with Crippen LogP contribution in [0, 0.1) is 0 Å². The number of likely N-dealkylation sites (N-methyl/N-ethyl adjacent to an activating group) is 1. The number of carbonyl (C=O) groups excluding carboxylic acids is 2. The third-order valence-corrected chi connectivity index (χ3v) is 4.86. The van der Waals surface area contributed by atoms with E-state index in [1.54, 1.807) is 0 Å². The molecule has 7 nitrogen and oxygen atoms in total. The highest BCUT2D eigenvalue weighted by atomic mass is 16.2. The summed E-state index contributed by atoms with van der Waals surface area (Å²) in [5.41, 5.74) is 1.94. The number of amides is 2. The molecule has 1 atom stereocenters. The standard InChI is InChI=1S/C19H27N5O2/c1-13(2)14-4-6-15(7-5-14)20-18(26)16-12-17(25)22-19(21-16)24-10-8-23(3)9-11-24/h4-7,13,16H,8-12H2,1-3H3,(H,20,26)(H,21,22,25)/t16-/m0/s1. The van der Waals surface area contributed by atoms with Crippen molar-refractivity contribution in [3.8, 4) is 0 Å². The minimum Gasteiger partial charge on any atom is -0.340 e. The Labute approximate surface area is 154 Å². The van der Waals surface area contributed by atoms with Crippen molar-refractivity contribution in [1.82, 2.24) is 15.1 Å². The number of hydrogen-bond donors (Lipinski definition) is 2. The van der Waals surface area contributed by atoms with E-state index < -0.39 is 6.04 Å². The van der Waals surface area contributed by atoms with E-state index in [0.717, 1.165) is 31.9 Å². The molecule has 2 amide bonds. The van der Waals surface area contributed by atoms with E-state index in [9.17, 15) is 9.59 Å². The second kappa shape index (κ2) is 7.86. The summed E-state index contributed by atoms with van der Waals surface area (Å²) in [6.07, 6.45) is 0.0765. The summed E-state index contributed by atoms with van der Waals surface area (Å²) in [6, 6.07) is 7.10. The molecule has 1 fully saturated rings. The molecule has 1 aromatic carbocycles. The van der Waals surface area contributed by atoms with Gasteiger partial charge in [0, 0.05) is 31.9 Å². The lowest BCUT2D eigenvalue weighted by Gasteiger charge is -2.36. The molecule has 3 rings (SSSR count). The summed E-state index contributed by atoms with van der Waals surface area (Å²) in [5, 5.41) is 5.68. The van der Waals surface area contributed by atoms with Crippen LogP contribution >= 0.6 is 0 Å². The molecule has 0 saturated carbocycles. The van der Waals surface area contributed by atoms with Crippen LogP contribution in [0.1, 0.15) is 31.7 Å². The predicted octanol–water partition coefficient (Wildman–Crippen LogP) is 1.24. The maximum atomic E-state index is 12.6. The summed E-state index contributed by atoms with van der Waals surface area (Å²) in [4.78, 5) is 33.4. The van der Waals surface area contributed by atoms with Crippen molar-refractivity contribution in [3.63, 3.8) is 0 Å². The molecule has 2 aliphatic heterocycles. The zero-order valence-electron chi connectivity index (χ0n) is 15.7. The third-order valence-electron chi connectivity index (χ3n) is 4.86. The summed E-state index contributed by atoms with van der Waals surface area (Å²) < 4.78 is 0. The van der Waals surface area contributed by atoms with Crippen LogP contribution in [0.4, 0.5) is 5.69 Å². The van der Waals surface area contributed by atoms with E-state index in [4.69, 9.17) is 0 Å². The number of nitrogens with zero attached hydrogens (tertiary/aromatic N) is 3. The first-order chi connectivity index (χ1) is 12.4. The Morgan fingerprint density at radius 3 is 2.46 bits per heavy atom. The number of piperazine rings is 1. The molecule has 0 spiro atoms. The van der Waals surface area contributed by atoms with Crippen molar-refractivity contribution < 1.29 is 9.59 Å². The van der Waals surface area contributed by atoms with Gasteiger partial charge in [0.2, 0.25) is 17.8 Å². The molecule has 26 heavy (non-hydrogen) atoms. The van der Waals surface area contributed by atoms with Crippen LogP contribution in [0.5, 0.6) is 0 Å². The summed E-state index contributed by atoms with van der Waals surface area (Å²) in [7, 11) is 2.07. The third kappa shape index (κ3) is 4.40. The summed E-state index contributed by atoms with van der Waals surface area (Å²) >= 11 is 0. The molecule has 0 radical (unpaired) electrons. The Balaban J connectivity index is 1.67. The van der Waals surface area contributed by atoms with Gasteiger partial charge < -0.3 is 15.1 Å². The van der Waals surface area contributed by atoms with Gasteiger partial charge in [0.25, 0.3) is 0 Å². The quantitative estimate of drug-likeness (QED) is 0.853. The molecular weight excluding hydrogens is 330 g/mol. The van der Waals surface area contributed by atoms with E-state index in [-0.39, 0.29) is 18.2 Å². The molecule has 0 aliphatic carbocycles. The Hall–Kier alpha value is -2.41. The van der Waals surface area contributed by atoms with Gasteiger partial charge in [-0.05, 0) is 30.7 Å². The molecule has 140 valence electrons. The second-order valence-electron chi connectivity index (χ2n) is 7.28. The number of nitrogens with one attached hydrogen (secondary N) is 2. The van der Waals surface area contributed by atoms with Gasteiger partial charge >= 0.3 is 0 Å². The van der Waals surface area contributed by atoms with Gasteiger partial charge in [0.15, 0.2) is 0 Å². The first-order valence-electron chi connectivity index (χ1n) is 9.14.